The third-order valence-corrected chi connectivity index (χ3v) is 6.75. The Bertz CT molecular complexity index is 997. The molecule has 0 fully saturated rings. The predicted octanol–water partition coefficient (Wildman–Crippen LogP) is 5.78. The van der Waals surface area contributed by atoms with Gasteiger partial charge in [0.05, 0.1) is 12.2 Å². The summed E-state index contributed by atoms with van der Waals surface area (Å²) < 4.78 is 1.04. The molecule has 1 aliphatic rings. The quantitative estimate of drug-likeness (QED) is 0.547. The summed E-state index contributed by atoms with van der Waals surface area (Å²) in [7, 11) is 0. The van der Waals surface area contributed by atoms with Gasteiger partial charge in [-0.05, 0) is 37.6 Å². The van der Waals surface area contributed by atoms with Crippen LogP contribution in [0.25, 0.3) is 10.6 Å². The van der Waals surface area contributed by atoms with Crippen LogP contribution >= 0.6 is 27.3 Å². The Labute approximate surface area is 171 Å². The van der Waals surface area contributed by atoms with Gasteiger partial charge in [-0.3, -0.25) is 0 Å². The number of carbonyl (C=O) groups excluding carboxylic acids is 1. The number of amides is 2. The lowest BCUT2D eigenvalue weighted by Gasteiger charge is -2.26. The van der Waals surface area contributed by atoms with Gasteiger partial charge in [-0.2, -0.15) is 0 Å². The van der Waals surface area contributed by atoms with Crippen LogP contribution in [0.5, 0.6) is 0 Å². The summed E-state index contributed by atoms with van der Waals surface area (Å²) in [5.41, 5.74) is 5.42. The van der Waals surface area contributed by atoms with Crippen molar-refractivity contribution in [1.29, 1.82) is 0 Å². The van der Waals surface area contributed by atoms with Crippen LogP contribution < -0.4 is 5.32 Å². The highest BCUT2D eigenvalue weighted by atomic mass is 79.9. The normalized spacial score (nSPS) is 13.4. The molecule has 4 rings (SSSR count). The van der Waals surface area contributed by atoms with E-state index in [1.54, 1.807) is 11.3 Å². The van der Waals surface area contributed by atoms with Crippen LogP contribution in [0.2, 0.25) is 0 Å². The van der Waals surface area contributed by atoms with Gasteiger partial charge in [0.2, 0.25) is 0 Å². The van der Waals surface area contributed by atoms with Crippen LogP contribution in [0.15, 0.2) is 46.9 Å². The molecule has 3 aromatic rings. The van der Waals surface area contributed by atoms with E-state index in [2.05, 4.69) is 52.4 Å². The maximum Gasteiger partial charge on any atom is 0.322 e. The van der Waals surface area contributed by atoms with Gasteiger partial charge in [0.25, 0.3) is 0 Å². The molecule has 2 aromatic carbocycles. The topological polar surface area (TPSA) is 45.2 Å². The van der Waals surface area contributed by atoms with Crippen molar-refractivity contribution in [3.63, 3.8) is 0 Å². The summed E-state index contributed by atoms with van der Waals surface area (Å²) in [6, 6.07) is 14.2. The van der Waals surface area contributed by atoms with Crippen molar-refractivity contribution in [3.05, 3.63) is 68.6 Å². The molecule has 1 aliphatic heterocycles. The summed E-state index contributed by atoms with van der Waals surface area (Å²) in [4.78, 5) is 20.5. The minimum Gasteiger partial charge on any atom is -0.319 e. The van der Waals surface area contributed by atoms with Crippen molar-refractivity contribution in [2.75, 3.05) is 11.9 Å². The Kier molecular flexibility index (Phi) is 5.02. The molecule has 1 N–H and O–H groups in total. The molecular weight excluding hydrogens is 422 g/mol. The number of hydrogen-bond acceptors (Lipinski definition) is 3. The van der Waals surface area contributed by atoms with E-state index in [4.69, 9.17) is 4.98 Å². The van der Waals surface area contributed by atoms with E-state index < -0.39 is 0 Å². The number of thiazole rings is 1. The summed E-state index contributed by atoms with van der Waals surface area (Å²) in [6.07, 6.45) is 0.796. The number of carbonyl (C=O) groups is 1. The molecular formula is C21H20BrN3OS. The first-order valence-corrected chi connectivity index (χ1v) is 10.5. The molecule has 1 aromatic heterocycles. The van der Waals surface area contributed by atoms with E-state index in [0.717, 1.165) is 38.4 Å². The molecule has 0 atom stereocenters. The molecule has 0 saturated heterocycles. The molecule has 2 amide bonds. The van der Waals surface area contributed by atoms with E-state index in [9.17, 15) is 4.79 Å². The van der Waals surface area contributed by atoms with Crippen LogP contribution in [-0.4, -0.2) is 22.5 Å². The van der Waals surface area contributed by atoms with Crippen molar-refractivity contribution in [3.8, 4) is 10.6 Å². The lowest BCUT2D eigenvalue weighted by molar-refractivity contribution is 0.207. The Hall–Kier alpha value is -2.18. The van der Waals surface area contributed by atoms with Crippen LogP contribution in [0.4, 0.5) is 10.5 Å². The third-order valence-electron chi connectivity index (χ3n) is 4.73. The van der Waals surface area contributed by atoms with Gasteiger partial charge >= 0.3 is 6.03 Å². The standard InChI is InChI=1S/C21H20BrN3OS/c1-13-3-5-15(6-4-13)20-24-18-9-10-25(12-19(18)27-20)21(26)23-16-7-8-17(22)14(2)11-16/h3-8,11H,9-10,12H2,1-2H3,(H,23,26). The number of benzene rings is 2. The lowest BCUT2D eigenvalue weighted by atomic mass is 10.1. The molecule has 0 radical (unpaired) electrons. The van der Waals surface area contributed by atoms with Crippen molar-refractivity contribution >= 4 is 39.0 Å². The number of aryl methyl sites for hydroxylation is 2. The fraction of sp³-hybridized carbons (Fsp3) is 0.238. The van der Waals surface area contributed by atoms with Crippen LogP contribution in [0.3, 0.4) is 0 Å². The largest absolute Gasteiger partial charge is 0.322 e. The summed E-state index contributed by atoms with van der Waals surface area (Å²) >= 11 is 5.17. The number of aromatic nitrogens is 1. The van der Waals surface area contributed by atoms with Gasteiger partial charge in [-0.15, -0.1) is 11.3 Å². The molecule has 138 valence electrons. The number of halogens is 1. The first-order valence-electron chi connectivity index (χ1n) is 8.87. The van der Waals surface area contributed by atoms with E-state index in [-0.39, 0.29) is 6.03 Å². The fourth-order valence-electron chi connectivity index (χ4n) is 3.11. The van der Waals surface area contributed by atoms with E-state index >= 15 is 0 Å². The molecule has 0 unspecified atom stereocenters. The molecule has 0 aliphatic carbocycles. The van der Waals surface area contributed by atoms with Crippen molar-refractivity contribution in [2.45, 2.75) is 26.8 Å². The van der Waals surface area contributed by atoms with Crippen molar-refractivity contribution in [1.82, 2.24) is 9.88 Å². The van der Waals surface area contributed by atoms with Crippen LogP contribution in [0, 0.1) is 13.8 Å². The number of nitrogens with one attached hydrogen (secondary N) is 1. The van der Waals surface area contributed by atoms with Gasteiger partial charge in [-0.1, -0.05) is 45.8 Å². The van der Waals surface area contributed by atoms with Gasteiger partial charge < -0.3 is 10.2 Å². The number of nitrogens with zero attached hydrogens (tertiary/aromatic N) is 2. The maximum absolute atomic E-state index is 12.7. The Balaban J connectivity index is 1.48. The van der Waals surface area contributed by atoms with Gasteiger partial charge in [0.15, 0.2) is 0 Å². The monoisotopic (exact) mass is 441 g/mol. The third kappa shape index (κ3) is 3.92. The predicted molar refractivity (Wildman–Crippen MR) is 114 cm³/mol. The minimum atomic E-state index is -0.0624. The number of urea groups is 1. The number of anilines is 1. The molecule has 4 nitrogen and oxygen atoms in total. The zero-order valence-electron chi connectivity index (χ0n) is 15.3. The highest BCUT2D eigenvalue weighted by Crippen LogP contribution is 2.32. The summed E-state index contributed by atoms with van der Waals surface area (Å²) in [5, 5.41) is 4.04. The van der Waals surface area contributed by atoms with Gasteiger partial charge in [-0.25, -0.2) is 9.78 Å². The number of fused-ring (bicyclic) bond motifs is 1. The second-order valence-electron chi connectivity index (χ2n) is 6.82. The average Bonchev–Trinajstić information content (AvgIpc) is 3.08. The number of rotatable bonds is 2. The molecule has 27 heavy (non-hydrogen) atoms. The zero-order valence-corrected chi connectivity index (χ0v) is 17.7. The number of hydrogen-bond donors (Lipinski definition) is 1. The summed E-state index contributed by atoms with van der Waals surface area (Å²) in [5.74, 6) is 0. The first kappa shape index (κ1) is 18.2. The molecule has 0 spiro atoms. The van der Waals surface area contributed by atoms with E-state index in [1.165, 1.54) is 10.4 Å². The summed E-state index contributed by atoms with van der Waals surface area (Å²) in [6.45, 7) is 5.39. The SMILES string of the molecule is Cc1ccc(-c2nc3c(s2)CN(C(=O)Nc2ccc(Br)c(C)c2)CC3)cc1. The molecule has 2 heterocycles. The van der Waals surface area contributed by atoms with Crippen molar-refractivity contribution < 1.29 is 4.79 Å². The Morgan fingerprint density at radius 3 is 2.70 bits per heavy atom. The Morgan fingerprint density at radius 2 is 1.96 bits per heavy atom. The van der Waals surface area contributed by atoms with E-state index in [0.29, 0.717) is 13.1 Å². The highest BCUT2D eigenvalue weighted by molar-refractivity contribution is 9.10. The smallest absolute Gasteiger partial charge is 0.319 e. The zero-order chi connectivity index (χ0) is 19.0. The maximum atomic E-state index is 12.7. The highest BCUT2D eigenvalue weighted by Gasteiger charge is 2.24. The second kappa shape index (κ2) is 7.44. The molecule has 6 heteroatoms. The Morgan fingerprint density at radius 1 is 1.19 bits per heavy atom. The van der Waals surface area contributed by atoms with Gasteiger partial charge in [0.1, 0.15) is 5.01 Å². The van der Waals surface area contributed by atoms with Crippen molar-refractivity contribution in [2.24, 2.45) is 0 Å². The van der Waals surface area contributed by atoms with Crippen LogP contribution in [-0.2, 0) is 13.0 Å². The molecule has 0 bridgehead atoms. The van der Waals surface area contributed by atoms with Gasteiger partial charge in [0, 0.05) is 33.6 Å². The van der Waals surface area contributed by atoms with Crippen LogP contribution in [0.1, 0.15) is 21.7 Å². The first-order chi connectivity index (χ1) is 13.0. The average molecular weight is 442 g/mol. The lowest BCUT2D eigenvalue weighted by Crippen LogP contribution is -2.38. The fourth-order valence-corrected chi connectivity index (χ4v) is 4.49. The van der Waals surface area contributed by atoms with E-state index in [1.807, 2.05) is 30.0 Å². The minimum absolute atomic E-state index is 0.0624. The second-order valence-corrected chi connectivity index (χ2v) is 8.76. The molecule has 0 saturated carbocycles.